The number of rotatable bonds is 4. The van der Waals surface area contributed by atoms with Crippen molar-refractivity contribution in [3.63, 3.8) is 0 Å². The summed E-state index contributed by atoms with van der Waals surface area (Å²) in [5.74, 6) is -0.958. The van der Waals surface area contributed by atoms with Crippen LogP contribution in [0.4, 0.5) is 22.0 Å². The van der Waals surface area contributed by atoms with Crippen molar-refractivity contribution in [1.29, 1.82) is 0 Å². The number of hydrogen-bond donors (Lipinski definition) is 0. The predicted molar refractivity (Wildman–Crippen MR) is 51.5 cm³/mol. The average molecular weight is 274 g/mol. The van der Waals surface area contributed by atoms with E-state index in [1.807, 2.05) is 0 Å². The first-order valence-corrected chi connectivity index (χ1v) is 5.43. The maximum absolute atomic E-state index is 12.0. The van der Waals surface area contributed by atoms with Crippen molar-refractivity contribution in [3.05, 3.63) is 18.2 Å². The maximum atomic E-state index is 12.0. The fourth-order valence-corrected chi connectivity index (χ4v) is 1.54. The molecule has 0 aliphatic heterocycles. The first-order chi connectivity index (χ1) is 7.81. The first-order valence-electron chi connectivity index (χ1n) is 4.20. The molecule has 17 heavy (non-hydrogen) atoms. The lowest BCUT2D eigenvalue weighted by Crippen LogP contribution is -2.17. The Morgan fingerprint density at radius 2 is 1.88 bits per heavy atom. The lowest BCUT2D eigenvalue weighted by Gasteiger charge is -2.13. The molecule has 0 atom stereocenters. The third-order valence-electron chi connectivity index (χ3n) is 1.59. The third kappa shape index (κ3) is 4.68. The number of halogens is 5. The van der Waals surface area contributed by atoms with Crippen LogP contribution in [0.3, 0.4) is 0 Å². The molecule has 1 rings (SSSR count). The maximum Gasteiger partial charge on any atom is 0.573 e. The topological polar surface area (TPSA) is 18.5 Å². The molecule has 0 heterocycles. The Labute approximate surface area is 97.7 Å². The average Bonchev–Trinajstić information content (AvgIpc) is 2.14. The van der Waals surface area contributed by atoms with Crippen molar-refractivity contribution in [2.75, 3.05) is 6.26 Å². The smallest absolute Gasteiger partial charge is 0.435 e. The van der Waals surface area contributed by atoms with Crippen molar-refractivity contribution in [1.82, 2.24) is 0 Å². The van der Waals surface area contributed by atoms with Gasteiger partial charge in [0.2, 0.25) is 0 Å². The summed E-state index contributed by atoms with van der Waals surface area (Å²) < 4.78 is 67.5. The fraction of sp³-hybridized carbons (Fsp3) is 0.333. The molecule has 0 saturated carbocycles. The molecule has 0 aliphatic rings. The van der Waals surface area contributed by atoms with Gasteiger partial charge in [-0.1, -0.05) is 0 Å². The van der Waals surface area contributed by atoms with Crippen LogP contribution in [0, 0.1) is 0 Å². The number of alkyl halides is 5. The van der Waals surface area contributed by atoms with Gasteiger partial charge in [-0.2, -0.15) is 8.78 Å². The highest BCUT2D eigenvalue weighted by molar-refractivity contribution is 7.98. The second kappa shape index (κ2) is 5.44. The molecule has 0 saturated heterocycles. The zero-order chi connectivity index (χ0) is 13.1. The molecule has 1 aromatic carbocycles. The van der Waals surface area contributed by atoms with Gasteiger partial charge < -0.3 is 9.47 Å². The number of hydrogen-bond acceptors (Lipinski definition) is 3. The summed E-state index contributed by atoms with van der Waals surface area (Å²) in [6.45, 7) is -3.10. The van der Waals surface area contributed by atoms with Crippen LogP contribution in [0.2, 0.25) is 0 Å². The first kappa shape index (κ1) is 13.9. The van der Waals surface area contributed by atoms with Gasteiger partial charge in [-0.05, 0) is 18.4 Å². The van der Waals surface area contributed by atoms with Gasteiger partial charge in [0.05, 0.1) is 0 Å². The summed E-state index contributed by atoms with van der Waals surface area (Å²) in [4.78, 5) is 0.170. The standard InChI is InChI=1S/C9H7F5O2S/c1-17-7-3-2-5(15-8(10)11)4-6(7)16-9(12,13)14/h2-4,8H,1H3. The number of ether oxygens (including phenoxy) is 2. The molecule has 0 amide bonds. The predicted octanol–water partition coefficient (Wildman–Crippen LogP) is 3.91. The fourth-order valence-electron chi connectivity index (χ4n) is 1.04. The number of thioether (sulfide) groups is 1. The van der Waals surface area contributed by atoms with Crippen LogP contribution < -0.4 is 9.47 Å². The summed E-state index contributed by atoms with van der Waals surface area (Å²) >= 11 is 0.996. The van der Waals surface area contributed by atoms with E-state index in [1.54, 1.807) is 0 Å². The quantitative estimate of drug-likeness (QED) is 0.612. The van der Waals surface area contributed by atoms with E-state index in [9.17, 15) is 22.0 Å². The largest absolute Gasteiger partial charge is 0.573 e. The lowest BCUT2D eigenvalue weighted by molar-refractivity contribution is -0.275. The van der Waals surface area contributed by atoms with Crippen LogP contribution in [-0.4, -0.2) is 19.2 Å². The van der Waals surface area contributed by atoms with Crippen LogP contribution in [0.5, 0.6) is 11.5 Å². The Bertz CT molecular complexity index is 380. The molecule has 0 N–H and O–H groups in total. The van der Waals surface area contributed by atoms with Crippen molar-refractivity contribution in [3.8, 4) is 11.5 Å². The Morgan fingerprint density at radius 1 is 1.24 bits per heavy atom. The molecule has 0 radical (unpaired) electrons. The molecule has 1 aromatic rings. The van der Waals surface area contributed by atoms with Crippen molar-refractivity contribution >= 4 is 11.8 Å². The van der Waals surface area contributed by atoms with Crippen LogP contribution in [0.15, 0.2) is 23.1 Å². The van der Waals surface area contributed by atoms with Gasteiger partial charge >= 0.3 is 13.0 Å². The monoisotopic (exact) mass is 274 g/mol. The highest BCUT2D eigenvalue weighted by Gasteiger charge is 2.32. The normalized spacial score (nSPS) is 11.7. The van der Waals surface area contributed by atoms with E-state index in [4.69, 9.17) is 0 Å². The Balaban J connectivity index is 2.98. The van der Waals surface area contributed by atoms with E-state index >= 15 is 0 Å². The van der Waals surface area contributed by atoms with Crippen LogP contribution in [-0.2, 0) is 0 Å². The van der Waals surface area contributed by atoms with Gasteiger partial charge in [-0.15, -0.1) is 24.9 Å². The molecular formula is C9H7F5O2S. The van der Waals surface area contributed by atoms with Gasteiger partial charge in [-0.3, -0.25) is 0 Å². The van der Waals surface area contributed by atoms with E-state index in [1.165, 1.54) is 12.3 Å². The van der Waals surface area contributed by atoms with Crippen LogP contribution >= 0.6 is 11.8 Å². The van der Waals surface area contributed by atoms with Gasteiger partial charge in [-0.25, -0.2) is 0 Å². The second-order valence-electron chi connectivity index (χ2n) is 2.74. The Kier molecular flexibility index (Phi) is 4.44. The van der Waals surface area contributed by atoms with E-state index < -0.39 is 24.5 Å². The van der Waals surface area contributed by atoms with E-state index in [0.29, 0.717) is 0 Å². The summed E-state index contributed by atoms with van der Waals surface area (Å²) in [6, 6.07) is 3.12. The molecule has 96 valence electrons. The highest BCUT2D eigenvalue weighted by Crippen LogP contribution is 2.35. The molecule has 0 bridgehead atoms. The van der Waals surface area contributed by atoms with Gasteiger partial charge in [0.25, 0.3) is 0 Å². The number of benzene rings is 1. The molecule has 0 spiro atoms. The Hall–Kier alpha value is -1.18. The third-order valence-corrected chi connectivity index (χ3v) is 2.36. The van der Waals surface area contributed by atoms with E-state index in [0.717, 1.165) is 23.9 Å². The SMILES string of the molecule is CSc1ccc(OC(F)F)cc1OC(F)(F)F. The van der Waals surface area contributed by atoms with Crippen molar-refractivity contribution < 1.29 is 31.4 Å². The second-order valence-corrected chi connectivity index (χ2v) is 3.59. The summed E-state index contributed by atoms with van der Waals surface area (Å²) in [7, 11) is 0. The zero-order valence-electron chi connectivity index (χ0n) is 8.42. The lowest BCUT2D eigenvalue weighted by atomic mass is 10.3. The summed E-state index contributed by atoms with van der Waals surface area (Å²) in [5, 5.41) is 0. The van der Waals surface area contributed by atoms with Gasteiger partial charge in [0, 0.05) is 11.0 Å². The molecule has 0 unspecified atom stereocenters. The van der Waals surface area contributed by atoms with Gasteiger partial charge in [0.1, 0.15) is 11.5 Å². The molecule has 8 heteroatoms. The van der Waals surface area contributed by atoms with E-state index in [-0.39, 0.29) is 4.90 Å². The molecule has 0 fully saturated rings. The van der Waals surface area contributed by atoms with Gasteiger partial charge in [0.15, 0.2) is 0 Å². The highest BCUT2D eigenvalue weighted by atomic mass is 32.2. The van der Waals surface area contributed by atoms with E-state index in [2.05, 4.69) is 9.47 Å². The summed E-state index contributed by atoms with van der Waals surface area (Å²) in [6.07, 6.45) is -3.35. The zero-order valence-corrected chi connectivity index (χ0v) is 9.24. The molecule has 2 nitrogen and oxygen atoms in total. The molecule has 0 aromatic heterocycles. The van der Waals surface area contributed by atoms with Crippen molar-refractivity contribution in [2.24, 2.45) is 0 Å². The van der Waals surface area contributed by atoms with Crippen molar-refractivity contribution in [2.45, 2.75) is 17.9 Å². The van der Waals surface area contributed by atoms with Crippen LogP contribution in [0.25, 0.3) is 0 Å². The summed E-state index contributed by atoms with van der Waals surface area (Å²) in [5.41, 5.74) is 0. The minimum absolute atomic E-state index is 0.170. The minimum atomic E-state index is -4.88. The Morgan fingerprint density at radius 3 is 2.35 bits per heavy atom. The minimum Gasteiger partial charge on any atom is -0.435 e. The van der Waals surface area contributed by atoms with Crippen LogP contribution in [0.1, 0.15) is 0 Å². The molecular weight excluding hydrogens is 267 g/mol. The molecule has 0 aliphatic carbocycles.